The summed E-state index contributed by atoms with van der Waals surface area (Å²) < 4.78 is 5.50. The van der Waals surface area contributed by atoms with Gasteiger partial charge in [0.2, 0.25) is 11.8 Å². The van der Waals surface area contributed by atoms with Crippen molar-refractivity contribution in [2.24, 2.45) is 11.3 Å². The highest BCUT2D eigenvalue weighted by Gasteiger charge is 2.39. The number of hydrogen-bond donors (Lipinski definition) is 1. The van der Waals surface area contributed by atoms with E-state index in [0.717, 1.165) is 52.0 Å². The fourth-order valence-corrected chi connectivity index (χ4v) is 4.37. The van der Waals surface area contributed by atoms with Gasteiger partial charge in [-0.2, -0.15) is 0 Å². The number of carbonyl (C=O) groups is 2. The number of morpholine rings is 1. The summed E-state index contributed by atoms with van der Waals surface area (Å²) in [6, 6.07) is 0.0183. The van der Waals surface area contributed by atoms with Crippen LogP contribution in [0.2, 0.25) is 0 Å². The fourth-order valence-electron chi connectivity index (χ4n) is 4.37. The van der Waals surface area contributed by atoms with Crippen LogP contribution in [0.5, 0.6) is 0 Å². The van der Waals surface area contributed by atoms with E-state index in [4.69, 9.17) is 4.74 Å². The van der Waals surface area contributed by atoms with E-state index in [1.165, 1.54) is 0 Å². The second kappa shape index (κ2) is 9.87. The highest BCUT2D eigenvalue weighted by Crippen LogP contribution is 2.26. The third kappa shape index (κ3) is 5.67. The molecule has 2 fully saturated rings. The minimum Gasteiger partial charge on any atom is -0.379 e. The number of ether oxygens (including phenoxy) is 1. The standard InChI is InChI=1S/C21H39N3O3/c1-6-16(7-2)18(23-11-13-27-14-12-23)15-22-19(25)17-9-8-10-24(17)20(26)21(3,4)5/h16-18H,6-15H2,1-5H3,(H,22,25). The highest BCUT2D eigenvalue weighted by atomic mass is 16.5. The van der Waals surface area contributed by atoms with Crippen LogP contribution in [-0.2, 0) is 14.3 Å². The highest BCUT2D eigenvalue weighted by molar-refractivity contribution is 5.90. The second-order valence-electron chi connectivity index (χ2n) is 8.94. The van der Waals surface area contributed by atoms with Crippen LogP contribution in [-0.4, -0.2) is 73.1 Å². The Bertz CT molecular complexity index is 493. The summed E-state index contributed by atoms with van der Waals surface area (Å²) in [4.78, 5) is 29.9. The van der Waals surface area contributed by atoms with E-state index in [9.17, 15) is 9.59 Å². The molecule has 2 saturated heterocycles. The van der Waals surface area contributed by atoms with Gasteiger partial charge >= 0.3 is 0 Å². The molecule has 0 aliphatic carbocycles. The molecule has 0 saturated carbocycles. The predicted octanol–water partition coefficient (Wildman–Crippen LogP) is 2.28. The third-order valence-corrected chi connectivity index (χ3v) is 6.05. The molecule has 0 bridgehead atoms. The van der Waals surface area contributed by atoms with E-state index in [1.807, 2.05) is 20.8 Å². The molecule has 156 valence electrons. The van der Waals surface area contributed by atoms with Crippen molar-refractivity contribution >= 4 is 11.8 Å². The summed E-state index contributed by atoms with van der Waals surface area (Å²) in [5.74, 6) is 0.637. The summed E-state index contributed by atoms with van der Waals surface area (Å²) in [6.45, 7) is 14.9. The van der Waals surface area contributed by atoms with Crippen molar-refractivity contribution < 1.29 is 14.3 Å². The molecule has 0 aromatic heterocycles. The van der Waals surface area contributed by atoms with E-state index >= 15 is 0 Å². The van der Waals surface area contributed by atoms with Gasteiger partial charge < -0.3 is 15.0 Å². The molecule has 0 radical (unpaired) electrons. The van der Waals surface area contributed by atoms with Gasteiger partial charge in [-0.25, -0.2) is 0 Å². The summed E-state index contributed by atoms with van der Waals surface area (Å²) in [5, 5.41) is 3.19. The van der Waals surface area contributed by atoms with Crippen molar-refractivity contribution in [3.8, 4) is 0 Å². The first kappa shape index (κ1) is 22.2. The Labute approximate surface area is 165 Å². The maximum atomic E-state index is 12.9. The molecular formula is C21H39N3O3. The third-order valence-electron chi connectivity index (χ3n) is 6.05. The number of rotatable bonds is 7. The quantitative estimate of drug-likeness (QED) is 0.735. The molecule has 6 heteroatoms. The number of carbonyl (C=O) groups excluding carboxylic acids is 2. The van der Waals surface area contributed by atoms with Crippen LogP contribution in [0.1, 0.15) is 60.3 Å². The van der Waals surface area contributed by atoms with Crippen LogP contribution in [0.25, 0.3) is 0 Å². The van der Waals surface area contributed by atoms with E-state index in [-0.39, 0.29) is 17.9 Å². The number of hydrogen-bond acceptors (Lipinski definition) is 4. The number of amides is 2. The van der Waals surface area contributed by atoms with E-state index in [1.54, 1.807) is 4.90 Å². The van der Waals surface area contributed by atoms with E-state index in [0.29, 0.717) is 25.0 Å². The van der Waals surface area contributed by atoms with Gasteiger partial charge in [-0.1, -0.05) is 47.5 Å². The summed E-state index contributed by atoms with van der Waals surface area (Å²) in [5.41, 5.74) is -0.450. The Morgan fingerprint density at radius 3 is 2.30 bits per heavy atom. The van der Waals surface area contributed by atoms with Crippen LogP contribution in [0.15, 0.2) is 0 Å². The van der Waals surface area contributed by atoms with Gasteiger partial charge in [0.1, 0.15) is 6.04 Å². The van der Waals surface area contributed by atoms with Crippen molar-refractivity contribution in [2.75, 3.05) is 39.4 Å². The Hall–Kier alpha value is -1.14. The molecule has 2 heterocycles. The molecule has 0 spiro atoms. The minimum absolute atomic E-state index is 0.00863. The van der Waals surface area contributed by atoms with Gasteiger partial charge in [0.25, 0.3) is 0 Å². The van der Waals surface area contributed by atoms with Gasteiger partial charge in [-0.05, 0) is 18.8 Å². The zero-order chi connectivity index (χ0) is 20.0. The first-order valence-electron chi connectivity index (χ1n) is 10.7. The number of nitrogens with one attached hydrogen (secondary N) is 1. The first-order valence-corrected chi connectivity index (χ1v) is 10.7. The van der Waals surface area contributed by atoms with Crippen molar-refractivity contribution in [2.45, 2.75) is 72.4 Å². The summed E-state index contributed by atoms with van der Waals surface area (Å²) >= 11 is 0. The fraction of sp³-hybridized carbons (Fsp3) is 0.905. The average molecular weight is 382 g/mol. The van der Waals surface area contributed by atoms with Crippen LogP contribution < -0.4 is 5.32 Å². The minimum atomic E-state index is -0.450. The number of nitrogens with zero attached hydrogens (tertiary/aromatic N) is 2. The lowest BCUT2D eigenvalue weighted by atomic mass is 9.92. The lowest BCUT2D eigenvalue weighted by Gasteiger charge is -2.39. The monoisotopic (exact) mass is 381 g/mol. The molecule has 1 N–H and O–H groups in total. The van der Waals surface area contributed by atoms with Crippen LogP contribution in [0.3, 0.4) is 0 Å². The lowest BCUT2D eigenvalue weighted by Crippen LogP contribution is -2.55. The maximum Gasteiger partial charge on any atom is 0.242 e. The van der Waals surface area contributed by atoms with Crippen LogP contribution in [0, 0.1) is 11.3 Å². The smallest absolute Gasteiger partial charge is 0.242 e. The largest absolute Gasteiger partial charge is 0.379 e. The van der Waals surface area contributed by atoms with Crippen LogP contribution in [0.4, 0.5) is 0 Å². The zero-order valence-electron chi connectivity index (χ0n) is 17.9. The van der Waals surface area contributed by atoms with Gasteiger partial charge in [0.05, 0.1) is 13.2 Å². The Balaban J connectivity index is 2.00. The topological polar surface area (TPSA) is 61.9 Å². The zero-order valence-corrected chi connectivity index (χ0v) is 17.9. The summed E-state index contributed by atoms with van der Waals surface area (Å²) in [6.07, 6.45) is 3.87. The molecule has 2 aliphatic heterocycles. The predicted molar refractivity (Wildman–Crippen MR) is 107 cm³/mol. The van der Waals surface area contributed by atoms with Gasteiger partial charge in [-0.3, -0.25) is 14.5 Å². The van der Waals surface area contributed by atoms with Crippen molar-refractivity contribution in [3.05, 3.63) is 0 Å². The van der Waals surface area contributed by atoms with Gasteiger partial charge in [0.15, 0.2) is 0 Å². The number of likely N-dealkylation sites (tertiary alicyclic amines) is 1. The molecule has 27 heavy (non-hydrogen) atoms. The van der Waals surface area contributed by atoms with Crippen LogP contribution >= 0.6 is 0 Å². The normalized spacial score (nSPS) is 22.9. The molecule has 0 aromatic rings. The molecule has 2 amide bonds. The van der Waals surface area contributed by atoms with Crippen molar-refractivity contribution in [1.82, 2.24) is 15.1 Å². The first-order chi connectivity index (χ1) is 12.8. The Morgan fingerprint density at radius 1 is 1.11 bits per heavy atom. The Kier molecular flexibility index (Phi) is 8.10. The molecule has 6 nitrogen and oxygen atoms in total. The van der Waals surface area contributed by atoms with Gasteiger partial charge in [0, 0.05) is 37.6 Å². The second-order valence-corrected chi connectivity index (χ2v) is 8.94. The van der Waals surface area contributed by atoms with Crippen molar-refractivity contribution in [1.29, 1.82) is 0 Å². The molecular weight excluding hydrogens is 342 g/mol. The Morgan fingerprint density at radius 2 is 1.74 bits per heavy atom. The molecule has 2 rings (SSSR count). The maximum absolute atomic E-state index is 12.9. The molecule has 2 unspecified atom stereocenters. The summed E-state index contributed by atoms with van der Waals surface area (Å²) in [7, 11) is 0. The average Bonchev–Trinajstić information content (AvgIpc) is 3.13. The molecule has 0 aromatic carbocycles. The van der Waals surface area contributed by atoms with E-state index in [2.05, 4.69) is 24.1 Å². The SMILES string of the molecule is CCC(CC)C(CNC(=O)C1CCCN1C(=O)C(C)(C)C)N1CCOCC1. The molecule has 2 atom stereocenters. The van der Waals surface area contributed by atoms with E-state index < -0.39 is 5.41 Å². The van der Waals surface area contributed by atoms with Gasteiger partial charge in [-0.15, -0.1) is 0 Å². The lowest BCUT2D eigenvalue weighted by molar-refractivity contribution is -0.144. The molecule has 2 aliphatic rings. The van der Waals surface area contributed by atoms with Crippen molar-refractivity contribution in [3.63, 3.8) is 0 Å².